The standard InChI is InChI=1S/C16H14BrF2NO2/c1-20(9-10-3-6-15(22-2)14(19)7-10)16(21)11-4-5-12(17)13(18)8-11/h3-8H,9H2,1-2H3. The van der Waals surface area contributed by atoms with Gasteiger partial charge in [-0.2, -0.15) is 0 Å². The van der Waals surface area contributed by atoms with Gasteiger partial charge in [0.2, 0.25) is 0 Å². The first-order chi connectivity index (χ1) is 10.4. The number of hydrogen-bond donors (Lipinski definition) is 0. The molecule has 0 atom stereocenters. The highest BCUT2D eigenvalue weighted by Crippen LogP contribution is 2.20. The van der Waals surface area contributed by atoms with Crippen LogP contribution < -0.4 is 4.74 Å². The van der Waals surface area contributed by atoms with E-state index in [2.05, 4.69) is 15.9 Å². The van der Waals surface area contributed by atoms with Crippen molar-refractivity contribution in [2.24, 2.45) is 0 Å². The second kappa shape index (κ2) is 6.87. The first kappa shape index (κ1) is 16.4. The highest BCUT2D eigenvalue weighted by Gasteiger charge is 2.14. The maximum atomic E-state index is 13.6. The van der Waals surface area contributed by atoms with Gasteiger partial charge in [0.25, 0.3) is 5.91 Å². The second-order valence-corrected chi connectivity index (χ2v) is 5.61. The minimum Gasteiger partial charge on any atom is -0.494 e. The normalized spacial score (nSPS) is 10.4. The van der Waals surface area contributed by atoms with Gasteiger partial charge in [0.1, 0.15) is 5.82 Å². The number of nitrogens with zero attached hydrogens (tertiary/aromatic N) is 1. The molecule has 116 valence electrons. The molecule has 1 amide bonds. The van der Waals surface area contributed by atoms with Gasteiger partial charge in [-0.15, -0.1) is 0 Å². The van der Waals surface area contributed by atoms with Gasteiger partial charge in [0.15, 0.2) is 11.6 Å². The summed E-state index contributed by atoms with van der Waals surface area (Å²) in [6.45, 7) is 0.206. The third-order valence-electron chi connectivity index (χ3n) is 3.15. The molecular formula is C16H14BrF2NO2. The summed E-state index contributed by atoms with van der Waals surface area (Å²) in [6, 6.07) is 8.66. The molecule has 0 aromatic heterocycles. The number of hydrogen-bond acceptors (Lipinski definition) is 2. The quantitative estimate of drug-likeness (QED) is 0.814. The Morgan fingerprint density at radius 3 is 2.50 bits per heavy atom. The molecule has 0 aliphatic rings. The number of benzene rings is 2. The van der Waals surface area contributed by atoms with E-state index >= 15 is 0 Å². The second-order valence-electron chi connectivity index (χ2n) is 4.76. The highest BCUT2D eigenvalue weighted by atomic mass is 79.9. The number of carbonyl (C=O) groups excluding carboxylic acids is 1. The Balaban J connectivity index is 2.14. The van der Waals surface area contributed by atoms with E-state index in [-0.39, 0.29) is 23.8 Å². The molecular weight excluding hydrogens is 356 g/mol. The van der Waals surface area contributed by atoms with Gasteiger partial charge in [0, 0.05) is 19.2 Å². The topological polar surface area (TPSA) is 29.5 Å². The van der Waals surface area contributed by atoms with Gasteiger partial charge < -0.3 is 9.64 Å². The predicted octanol–water partition coefficient (Wildman–Crippen LogP) is 4.01. The van der Waals surface area contributed by atoms with Crippen molar-refractivity contribution in [2.45, 2.75) is 6.54 Å². The zero-order valence-electron chi connectivity index (χ0n) is 12.1. The molecule has 0 spiro atoms. The molecule has 0 heterocycles. The lowest BCUT2D eigenvalue weighted by atomic mass is 10.1. The zero-order chi connectivity index (χ0) is 16.3. The number of carbonyl (C=O) groups is 1. The first-order valence-corrected chi connectivity index (χ1v) is 7.24. The summed E-state index contributed by atoms with van der Waals surface area (Å²) in [5.41, 5.74) is 0.851. The van der Waals surface area contributed by atoms with Gasteiger partial charge in [-0.1, -0.05) is 6.07 Å². The molecule has 0 bridgehead atoms. The Morgan fingerprint density at radius 2 is 1.91 bits per heavy atom. The van der Waals surface area contributed by atoms with E-state index in [0.29, 0.717) is 10.0 Å². The molecule has 0 radical (unpaired) electrons. The van der Waals surface area contributed by atoms with E-state index in [0.717, 1.165) is 6.07 Å². The average Bonchev–Trinajstić information content (AvgIpc) is 2.49. The van der Waals surface area contributed by atoms with Crippen LogP contribution in [0.3, 0.4) is 0 Å². The number of ether oxygens (including phenoxy) is 1. The van der Waals surface area contributed by atoms with Crippen LogP contribution in [0, 0.1) is 11.6 Å². The maximum absolute atomic E-state index is 13.6. The Hall–Kier alpha value is -1.95. The first-order valence-electron chi connectivity index (χ1n) is 6.45. The van der Waals surface area contributed by atoms with E-state index in [1.165, 1.54) is 36.3 Å². The van der Waals surface area contributed by atoms with Crippen LogP contribution >= 0.6 is 15.9 Å². The van der Waals surface area contributed by atoms with Crippen molar-refractivity contribution in [1.82, 2.24) is 4.90 Å². The lowest BCUT2D eigenvalue weighted by molar-refractivity contribution is 0.0784. The smallest absolute Gasteiger partial charge is 0.253 e. The Bertz CT molecular complexity index is 707. The van der Waals surface area contributed by atoms with Crippen LogP contribution in [0.2, 0.25) is 0 Å². The van der Waals surface area contributed by atoms with Crippen LogP contribution in [-0.2, 0) is 6.54 Å². The average molecular weight is 370 g/mol. The number of halogens is 3. The van der Waals surface area contributed by atoms with Crippen LogP contribution in [0.1, 0.15) is 15.9 Å². The molecule has 3 nitrogen and oxygen atoms in total. The van der Waals surface area contributed by atoms with E-state index < -0.39 is 11.6 Å². The van der Waals surface area contributed by atoms with Crippen LogP contribution in [0.25, 0.3) is 0 Å². The van der Waals surface area contributed by atoms with Gasteiger partial charge >= 0.3 is 0 Å². The SMILES string of the molecule is COc1ccc(CN(C)C(=O)c2ccc(Br)c(F)c2)cc1F. The fraction of sp³-hybridized carbons (Fsp3) is 0.188. The molecule has 2 aromatic carbocycles. The summed E-state index contributed by atoms with van der Waals surface area (Å²) >= 11 is 3.04. The minimum absolute atomic E-state index is 0.146. The summed E-state index contributed by atoms with van der Waals surface area (Å²) in [6.07, 6.45) is 0. The van der Waals surface area contributed by atoms with Gasteiger partial charge in [-0.3, -0.25) is 4.79 Å². The van der Waals surface area contributed by atoms with Crippen LogP contribution in [0.5, 0.6) is 5.75 Å². The van der Waals surface area contributed by atoms with Crippen LogP contribution in [0.15, 0.2) is 40.9 Å². The lowest BCUT2D eigenvalue weighted by Gasteiger charge is -2.18. The monoisotopic (exact) mass is 369 g/mol. The highest BCUT2D eigenvalue weighted by molar-refractivity contribution is 9.10. The molecule has 6 heteroatoms. The number of amides is 1. The molecule has 0 saturated heterocycles. The fourth-order valence-electron chi connectivity index (χ4n) is 2.00. The van der Waals surface area contributed by atoms with Crippen molar-refractivity contribution in [1.29, 1.82) is 0 Å². The van der Waals surface area contributed by atoms with E-state index in [4.69, 9.17) is 4.74 Å². The summed E-state index contributed by atoms with van der Waals surface area (Å²) in [5.74, 6) is -1.19. The summed E-state index contributed by atoms with van der Waals surface area (Å²) < 4.78 is 32.3. The third-order valence-corrected chi connectivity index (χ3v) is 3.79. The molecule has 0 aliphatic carbocycles. The Kier molecular flexibility index (Phi) is 5.13. The Labute approximate surface area is 135 Å². The predicted molar refractivity (Wildman–Crippen MR) is 82.8 cm³/mol. The molecule has 0 unspecified atom stereocenters. The molecule has 22 heavy (non-hydrogen) atoms. The molecule has 2 aromatic rings. The van der Waals surface area contributed by atoms with Crippen LogP contribution in [-0.4, -0.2) is 25.0 Å². The number of methoxy groups -OCH3 is 1. The summed E-state index contributed by atoms with van der Waals surface area (Å²) in [7, 11) is 2.96. The van der Waals surface area contributed by atoms with E-state index in [9.17, 15) is 13.6 Å². The van der Waals surface area contributed by atoms with Gasteiger partial charge in [0.05, 0.1) is 11.6 Å². The van der Waals surface area contributed by atoms with Crippen molar-refractivity contribution in [3.05, 3.63) is 63.6 Å². The van der Waals surface area contributed by atoms with Crippen molar-refractivity contribution in [3.63, 3.8) is 0 Å². The molecule has 2 rings (SSSR count). The number of rotatable bonds is 4. The summed E-state index contributed by atoms with van der Waals surface area (Å²) in [5, 5.41) is 0. The Morgan fingerprint density at radius 1 is 1.18 bits per heavy atom. The minimum atomic E-state index is -0.505. The van der Waals surface area contributed by atoms with Crippen molar-refractivity contribution < 1.29 is 18.3 Å². The molecule has 0 aliphatic heterocycles. The molecule has 0 N–H and O–H groups in total. The van der Waals surface area contributed by atoms with E-state index in [1.54, 1.807) is 13.1 Å². The zero-order valence-corrected chi connectivity index (χ0v) is 13.7. The lowest BCUT2D eigenvalue weighted by Crippen LogP contribution is -2.26. The summed E-state index contributed by atoms with van der Waals surface area (Å²) in [4.78, 5) is 13.6. The van der Waals surface area contributed by atoms with Crippen molar-refractivity contribution in [3.8, 4) is 5.75 Å². The largest absolute Gasteiger partial charge is 0.494 e. The third kappa shape index (κ3) is 3.62. The molecule has 0 fully saturated rings. The fourth-order valence-corrected chi connectivity index (χ4v) is 2.25. The van der Waals surface area contributed by atoms with Crippen molar-refractivity contribution in [2.75, 3.05) is 14.2 Å². The van der Waals surface area contributed by atoms with Gasteiger partial charge in [-0.25, -0.2) is 8.78 Å². The van der Waals surface area contributed by atoms with Crippen LogP contribution in [0.4, 0.5) is 8.78 Å². The van der Waals surface area contributed by atoms with Crippen molar-refractivity contribution >= 4 is 21.8 Å². The maximum Gasteiger partial charge on any atom is 0.253 e. The molecule has 0 saturated carbocycles. The van der Waals surface area contributed by atoms with E-state index in [1.807, 2.05) is 0 Å². The van der Waals surface area contributed by atoms with Gasteiger partial charge in [-0.05, 0) is 51.8 Å².